The minimum absolute atomic E-state index is 0.381. The van der Waals surface area contributed by atoms with Crippen LogP contribution in [0.5, 0.6) is 0 Å². The number of aliphatic carboxylic acids is 1. The van der Waals surface area contributed by atoms with Gasteiger partial charge in [0.05, 0.1) is 10.7 Å². The number of aromatic nitrogens is 1. The number of nitrogens with one attached hydrogen (secondary N) is 1. The zero-order chi connectivity index (χ0) is 14.7. The maximum absolute atomic E-state index is 12.5. The summed E-state index contributed by atoms with van der Waals surface area (Å²) in [5, 5.41) is 11.9. The smallest absolute Gasteiger partial charge is 0.328 e. The van der Waals surface area contributed by atoms with Gasteiger partial charge in [0, 0.05) is 5.92 Å². The largest absolute Gasteiger partial charge is 0.480 e. The van der Waals surface area contributed by atoms with Crippen LogP contribution in [-0.2, 0) is 4.79 Å². The highest BCUT2D eigenvalue weighted by Gasteiger charge is 2.26. The van der Waals surface area contributed by atoms with E-state index >= 15 is 0 Å². The molecule has 1 amide bonds. The summed E-state index contributed by atoms with van der Waals surface area (Å²) in [5.74, 6) is -1.54. The van der Waals surface area contributed by atoms with Gasteiger partial charge in [-0.3, -0.25) is 4.79 Å². The van der Waals surface area contributed by atoms with Crippen LogP contribution in [-0.4, -0.2) is 34.7 Å². The number of nitrogens with zero attached hydrogens (tertiary/aromatic N) is 1. The summed E-state index contributed by atoms with van der Waals surface area (Å²) >= 11 is 1.29. The molecule has 0 saturated heterocycles. The Morgan fingerprint density at radius 2 is 2.15 bits per heavy atom. The van der Waals surface area contributed by atoms with E-state index in [-0.39, 0.29) is 0 Å². The van der Waals surface area contributed by atoms with Crippen molar-refractivity contribution in [1.29, 1.82) is 0 Å². The average Bonchev–Trinajstić information content (AvgIpc) is 3.03. The molecule has 1 atom stereocenters. The van der Waals surface area contributed by atoms with Crippen LogP contribution in [0, 0.1) is 6.92 Å². The summed E-state index contributed by atoms with van der Waals surface area (Å²) in [6.45, 7) is 0.587. The Labute approximate surface area is 120 Å². The number of rotatable bonds is 5. The van der Waals surface area contributed by atoms with E-state index in [0.29, 0.717) is 16.5 Å². The molecule has 0 bridgehead atoms. The minimum atomic E-state index is -1.50. The molecule has 1 fully saturated rings. The highest BCUT2D eigenvalue weighted by molar-refractivity contribution is 7.13. The van der Waals surface area contributed by atoms with Gasteiger partial charge in [0.1, 0.15) is 11.6 Å². The molecule has 0 aliphatic heterocycles. The zero-order valence-corrected chi connectivity index (χ0v) is 12.0. The normalized spacial score (nSPS) is 17.1. The molecule has 1 unspecified atom stereocenters. The van der Waals surface area contributed by atoms with E-state index in [0.717, 1.165) is 17.8 Å². The summed E-state index contributed by atoms with van der Waals surface area (Å²) in [4.78, 5) is 27.5. The lowest BCUT2D eigenvalue weighted by Gasteiger charge is -2.09. The highest BCUT2D eigenvalue weighted by Crippen LogP contribution is 2.37. The highest BCUT2D eigenvalue weighted by atomic mass is 32.1. The van der Waals surface area contributed by atoms with Gasteiger partial charge >= 0.3 is 5.97 Å². The molecule has 7 heteroatoms. The third-order valence-corrected chi connectivity index (χ3v) is 4.80. The summed E-state index contributed by atoms with van der Waals surface area (Å²) in [6.07, 6.45) is 4.51. The fourth-order valence-corrected chi connectivity index (χ4v) is 3.50. The Kier molecular flexibility index (Phi) is 4.69. The molecule has 2 rings (SSSR count). The number of carboxylic acids is 1. The van der Waals surface area contributed by atoms with E-state index in [1.54, 1.807) is 6.92 Å². The first-order chi connectivity index (χ1) is 9.52. The van der Waals surface area contributed by atoms with Crippen LogP contribution in [0.4, 0.5) is 4.39 Å². The van der Waals surface area contributed by atoms with Crippen molar-refractivity contribution in [3.63, 3.8) is 0 Å². The lowest BCUT2D eigenvalue weighted by Crippen LogP contribution is -2.42. The number of hydrogen-bond acceptors (Lipinski definition) is 4. The van der Waals surface area contributed by atoms with Gasteiger partial charge < -0.3 is 10.4 Å². The van der Waals surface area contributed by atoms with Crippen molar-refractivity contribution in [1.82, 2.24) is 10.3 Å². The third-order valence-electron chi connectivity index (χ3n) is 3.48. The number of thiazole rings is 1. The molecule has 2 N–H and O–H groups in total. The van der Waals surface area contributed by atoms with E-state index < -0.39 is 24.6 Å². The number of carboxylic acid groups (broad SMARTS) is 1. The van der Waals surface area contributed by atoms with E-state index in [9.17, 15) is 14.0 Å². The first-order valence-corrected chi connectivity index (χ1v) is 7.41. The van der Waals surface area contributed by atoms with Crippen LogP contribution in [0.25, 0.3) is 0 Å². The number of aryl methyl sites for hydroxylation is 1. The minimum Gasteiger partial charge on any atom is -0.480 e. The first-order valence-electron chi connectivity index (χ1n) is 6.60. The second-order valence-corrected chi connectivity index (χ2v) is 6.00. The van der Waals surface area contributed by atoms with E-state index in [2.05, 4.69) is 10.3 Å². The Balaban J connectivity index is 2.11. The fraction of sp³-hybridized carbons (Fsp3) is 0.615. The molecule has 0 radical (unpaired) electrons. The third kappa shape index (κ3) is 3.15. The molecule has 1 aliphatic rings. The lowest BCUT2D eigenvalue weighted by atomic mass is 10.1. The molecule has 1 aliphatic carbocycles. The maximum Gasteiger partial charge on any atom is 0.328 e. The number of carbonyl (C=O) groups excluding carboxylic acids is 1. The molecule has 0 spiro atoms. The van der Waals surface area contributed by atoms with E-state index in [1.807, 2.05) is 0 Å². The van der Waals surface area contributed by atoms with Crippen LogP contribution >= 0.6 is 11.3 Å². The summed E-state index contributed by atoms with van der Waals surface area (Å²) in [7, 11) is 0. The quantitative estimate of drug-likeness (QED) is 0.874. The molecule has 1 heterocycles. The number of halogens is 1. The van der Waals surface area contributed by atoms with Gasteiger partial charge in [-0.2, -0.15) is 0 Å². The monoisotopic (exact) mass is 300 g/mol. The van der Waals surface area contributed by atoms with Crippen molar-refractivity contribution in [3.05, 3.63) is 15.6 Å². The molecule has 20 heavy (non-hydrogen) atoms. The Morgan fingerprint density at radius 1 is 1.50 bits per heavy atom. The van der Waals surface area contributed by atoms with Crippen LogP contribution in [0.1, 0.15) is 52.0 Å². The zero-order valence-electron chi connectivity index (χ0n) is 11.2. The van der Waals surface area contributed by atoms with Crippen LogP contribution in [0.3, 0.4) is 0 Å². The first kappa shape index (κ1) is 14.9. The van der Waals surface area contributed by atoms with Gasteiger partial charge in [-0.25, -0.2) is 14.2 Å². The number of carbonyl (C=O) groups is 2. The maximum atomic E-state index is 12.5. The molecule has 110 valence electrons. The Bertz CT molecular complexity index is 512. The average molecular weight is 300 g/mol. The van der Waals surface area contributed by atoms with Crippen molar-refractivity contribution < 1.29 is 19.1 Å². The van der Waals surface area contributed by atoms with Crippen molar-refractivity contribution in [2.75, 3.05) is 6.67 Å². The van der Waals surface area contributed by atoms with Crippen molar-refractivity contribution >= 4 is 23.2 Å². The Hall–Kier alpha value is -1.50. The predicted molar refractivity (Wildman–Crippen MR) is 72.9 cm³/mol. The second-order valence-electron chi connectivity index (χ2n) is 4.97. The van der Waals surface area contributed by atoms with Crippen LogP contribution in [0.2, 0.25) is 0 Å². The number of hydrogen-bond donors (Lipinski definition) is 2. The van der Waals surface area contributed by atoms with Crippen molar-refractivity contribution in [2.24, 2.45) is 0 Å². The lowest BCUT2D eigenvalue weighted by molar-refractivity contribution is -0.139. The van der Waals surface area contributed by atoms with Gasteiger partial charge in [0.2, 0.25) is 0 Å². The fourth-order valence-electron chi connectivity index (χ4n) is 2.37. The van der Waals surface area contributed by atoms with Crippen LogP contribution < -0.4 is 5.32 Å². The predicted octanol–water partition coefficient (Wildman–Crippen LogP) is 2.26. The van der Waals surface area contributed by atoms with Gasteiger partial charge in [0.25, 0.3) is 5.91 Å². The summed E-state index contributed by atoms with van der Waals surface area (Å²) < 4.78 is 12.5. The SMILES string of the molecule is Cc1nc(C2CCCC2)sc1C(=O)NC(CF)C(=O)O. The molecular weight excluding hydrogens is 283 g/mol. The summed E-state index contributed by atoms with van der Waals surface area (Å²) in [6, 6.07) is -1.50. The molecule has 1 aromatic rings. The van der Waals surface area contributed by atoms with E-state index in [4.69, 9.17) is 5.11 Å². The van der Waals surface area contributed by atoms with Gasteiger partial charge in [0.15, 0.2) is 6.04 Å². The molecule has 5 nitrogen and oxygen atoms in total. The molecule has 1 aromatic heterocycles. The second kappa shape index (κ2) is 6.30. The van der Waals surface area contributed by atoms with Gasteiger partial charge in [-0.05, 0) is 19.8 Å². The topological polar surface area (TPSA) is 79.3 Å². The standard InChI is InChI=1S/C13H17FN2O3S/c1-7-10(11(17)16-9(6-14)13(18)19)20-12(15-7)8-4-2-3-5-8/h8-9H,2-6H2,1H3,(H,16,17)(H,18,19). The number of alkyl halides is 1. The summed E-state index contributed by atoms with van der Waals surface area (Å²) in [5.41, 5.74) is 0.581. The molecule has 1 saturated carbocycles. The van der Waals surface area contributed by atoms with Crippen LogP contribution in [0.15, 0.2) is 0 Å². The van der Waals surface area contributed by atoms with Gasteiger partial charge in [-0.15, -0.1) is 11.3 Å². The number of amides is 1. The van der Waals surface area contributed by atoms with E-state index in [1.165, 1.54) is 24.2 Å². The Morgan fingerprint density at radius 3 is 2.70 bits per heavy atom. The molecular formula is C13H17FN2O3S. The van der Waals surface area contributed by atoms with Gasteiger partial charge in [-0.1, -0.05) is 12.8 Å². The molecule has 0 aromatic carbocycles. The van der Waals surface area contributed by atoms with Crippen molar-refractivity contribution in [2.45, 2.75) is 44.6 Å². The van der Waals surface area contributed by atoms with Crippen molar-refractivity contribution in [3.8, 4) is 0 Å².